The van der Waals surface area contributed by atoms with Gasteiger partial charge in [0.25, 0.3) is 0 Å². The van der Waals surface area contributed by atoms with Gasteiger partial charge in [0.2, 0.25) is 5.76 Å². The van der Waals surface area contributed by atoms with Gasteiger partial charge >= 0.3 is 5.97 Å². The summed E-state index contributed by atoms with van der Waals surface area (Å²) in [7, 11) is 3.11. The third-order valence-corrected chi connectivity index (χ3v) is 3.45. The summed E-state index contributed by atoms with van der Waals surface area (Å²) in [5.74, 6) is 0.855. The summed E-state index contributed by atoms with van der Waals surface area (Å²) in [5.41, 5.74) is 1.29. The first-order valence-corrected chi connectivity index (χ1v) is 7.18. The fourth-order valence-electron chi connectivity index (χ4n) is 1.97. The van der Waals surface area contributed by atoms with E-state index in [-0.39, 0.29) is 5.76 Å². The van der Waals surface area contributed by atoms with E-state index in [0.29, 0.717) is 29.0 Å². The van der Waals surface area contributed by atoms with Gasteiger partial charge in [-0.1, -0.05) is 15.9 Å². The monoisotopic (exact) mass is 342 g/mol. The minimum atomic E-state index is -0.476. The van der Waals surface area contributed by atoms with Crippen LogP contribution in [0.2, 0.25) is 0 Å². The number of methoxy groups -OCH3 is 2. The number of ether oxygens (including phenoxy) is 3. The van der Waals surface area contributed by atoms with Crippen molar-refractivity contribution < 1.29 is 23.4 Å². The molecule has 1 aromatic carbocycles. The van der Waals surface area contributed by atoms with E-state index < -0.39 is 5.97 Å². The van der Waals surface area contributed by atoms with E-state index in [1.807, 2.05) is 0 Å². The molecule has 0 unspecified atom stereocenters. The fraction of sp³-hybridized carbons (Fsp3) is 0.357. The van der Waals surface area contributed by atoms with Crippen LogP contribution in [0.4, 0.5) is 0 Å². The summed E-state index contributed by atoms with van der Waals surface area (Å²) in [6.45, 7) is 2.05. The summed E-state index contributed by atoms with van der Waals surface area (Å²) < 4.78 is 21.1. The van der Waals surface area contributed by atoms with Crippen LogP contribution >= 0.6 is 15.9 Å². The van der Waals surface area contributed by atoms with Gasteiger partial charge in [-0.05, 0) is 13.0 Å². The highest BCUT2D eigenvalue weighted by molar-refractivity contribution is 9.08. The lowest BCUT2D eigenvalue weighted by molar-refractivity contribution is 0.0491. The molecule has 2 rings (SSSR count). The average Bonchev–Trinajstić information content (AvgIpc) is 2.83. The van der Waals surface area contributed by atoms with Gasteiger partial charge in [0.15, 0.2) is 11.5 Å². The number of alkyl halides is 1. The molecule has 0 saturated carbocycles. The van der Waals surface area contributed by atoms with Crippen LogP contribution in [-0.2, 0) is 10.1 Å². The molecular weight excluding hydrogens is 328 g/mol. The van der Waals surface area contributed by atoms with Crippen LogP contribution in [0, 0.1) is 0 Å². The Hall–Kier alpha value is -1.69. The minimum Gasteiger partial charge on any atom is -0.493 e. The number of hydrogen-bond acceptors (Lipinski definition) is 5. The standard InChI is InChI=1S/C14H15BrO5/c1-4-19-14(16)13-9(7-15)8-5-11(17-2)12(18-3)6-10(8)20-13/h5-6H,4,7H2,1-3H3. The molecule has 0 aliphatic heterocycles. The van der Waals surface area contributed by atoms with Crippen LogP contribution in [0.25, 0.3) is 11.0 Å². The van der Waals surface area contributed by atoms with Gasteiger partial charge in [0.05, 0.1) is 20.8 Å². The molecular formula is C14H15BrO5. The quantitative estimate of drug-likeness (QED) is 0.614. The van der Waals surface area contributed by atoms with Gasteiger partial charge < -0.3 is 18.6 Å². The molecule has 5 nitrogen and oxygen atoms in total. The summed E-state index contributed by atoms with van der Waals surface area (Å²) in [5, 5.41) is 1.27. The van der Waals surface area contributed by atoms with Gasteiger partial charge in [0, 0.05) is 22.3 Å². The maximum Gasteiger partial charge on any atom is 0.374 e. The molecule has 0 N–H and O–H groups in total. The van der Waals surface area contributed by atoms with E-state index in [4.69, 9.17) is 18.6 Å². The molecule has 1 aromatic heterocycles. The number of halogens is 1. The normalized spacial score (nSPS) is 10.6. The fourth-order valence-corrected chi connectivity index (χ4v) is 2.53. The number of carbonyl (C=O) groups is 1. The summed E-state index contributed by atoms with van der Waals surface area (Å²) in [4.78, 5) is 11.9. The van der Waals surface area contributed by atoms with Crippen LogP contribution in [-0.4, -0.2) is 26.8 Å². The van der Waals surface area contributed by atoms with Gasteiger partial charge in [-0.25, -0.2) is 4.79 Å². The van der Waals surface area contributed by atoms with Crippen LogP contribution in [0.5, 0.6) is 11.5 Å². The zero-order valence-corrected chi connectivity index (χ0v) is 13.1. The second-order valence-electron chi connectivity index (χ2n) is 3.97. The van der Waals surface area contributed by atoms with Crippen LogP contribution in [0.1, 0.15) is 23.0 Å². The molecule has 20 heavy (non-hydrogen) atoms. The second-order valence-corrected chi connectivity index (χ2v) is 4.53. The molecule has 0 spiro atoms. The number of rotatable bonds is 5. The lowest BCUT2D eigenvalue weighted by Crippen LogP contribution is -2.05. The molecule has 0 radical (unpaired) electrons. The van der Waals surface area contributed by atoms with E-state index in [1.54, 1.807) is 33.3 Å². The number of furan rings is 1. The summed E-state index contributed by atoms with van der Waals surface area (Å²) in [6, 6.07) is 3.49. The molecule has 6 heteroatoms. The summed E-state index contributed by atoms with van der Waals surface area (Å²) in [6.07, 6.45) is 0. The Kier molecular flexibility index (Phi) is 4.54. The number of esters is 1. The highest BCUT2D eigenvalue weighted by atomic mass is 79.9. The molecule has 108 valence electrons. The SMILES string of the molecule is CCOC(=O)c1oc2cc(OC)c(OC)cc2c1CBr. The van der Waals surface area contributed by atoms with Gasteiger partial charge in [-0.3, -0.25) is 0 Å². The van der Waals surface area contributed by atoms with Gasteiger partial charge in [-0.15, -0.1) is 0 Å². The first-order valence-electron chi connectivity index (χ1n) is 6.06. The van der Waals surface area contributed by atoms with Crippen LogP contribution in [0.15, 0.2) is 16.5 Å². The highest BCUT2D eigenvalue weighted by Gasteiger charge is 2.22. The van der Waals surface area contributed by atoms with Crippen molar-refractivity contribution in [3.63, 3.8) is 0 Å². The average molecular weight is 343 g/mol. The third kappa shape index (κ3) is 2.47. The molecule has 0 aliphatic rings. The number of carbonyl (C=O) groups excluding carboxylic acids is 1. The number of benzene rings is 1. The Labute approximate surface area is 124 Å². The van der Waals surface area contributed by atoms with E-state index >= 15 is 0 Å². The van der Waals surface area contributed by atoms with E-state index in [0.717, 1.165) is 10.9 Å². The Bertz CT molecular complexity index is 632. The zero-order chi connectivity index (χ0) is 14.7. The maximum absolute atomic E-state index is 11.9. The Balaban J connectivity index is 2.64. The molecule has 0 fully saturated rings. The van der Waals surface area contributed by atoms with Gasteiger partial charge in [-0.2, -0.15) is 0 Å². The smallest absolute Gasteiger partial charge is 0.374 e. The van der Waals surface area contributed by atoms with Crippen molar-refractivity contribution in [3.8, 4) is 11.5 Å². The topological polar surface area (TPSA) is 57.9 Å². The first-order chi connectivity index (χ1) is 9.65. The zero-order valence-electron chi connectivity index (χ0n) is 11.5. The molecule has 0 amide bonds. The molecule has 0 aliphatic carbocycles. The van der Waals surface area contributed by atoms with E-state index in [9.17, 15) is 4.79 Å². The molecule has 0 bridgehead atoms. The van der Waals surface area contributed by atoms with Crippen LogP contribution in [0.3, 0.4) is 0 Å². The third-order valence-electron chi connectivity index (χ3n) is 2.89. The summed E-state index contributed by atoms with van der Waals surface area (Å²) >= 11 is 3.37. The minimum absolute atomic E-state index is 0.203. The number of fused-ring (bicyclic) bond motifs is 1. The van der Waals surface area contributed by atoms with Crippen molar-refractivity contribution in [2.75, 3.05) is 20.8 Å². The van der Waals surface area contributed by atoms with Crippen molar-refractivity contribution in [3.05, 3.63) is 23.5 Å². The Morgan fingerprint density at radius 3 is 2.45 bits per heavy atom. The highest BCUT2D eigenvalue weighted by Crippen LogP contribution is 2.37. The van der Waals surface area contributed by atoms with Crippen molar-refractivity contribution >= 4 is 32.9 Å². The van der Waals surface area contributed by atoms with E-state index in [2.05, 4.69) is 15.9 Å². The number of hydrogen-bond donors (Lipinski definition) is 0. The lowest BCUT2D eigenvalue weighted by atomic mass is 10.1. The molecule has 0 saturated heterocycles. The second kappa shape index (κ2) is 6.17. The van der Waals surface area contributed by atoms with Crippen LogP contribution < -0.4 is 9.47 Å². The largest absolute Gasteiger partial charge is 0.493 e. The van der Waals surface area contributed by atoms with E-state index in [1.165, 1.54) is 0 Å². The predicted molar refractivity (Wildman–Crippen MR) is 77.9 cm³/mol. The Morgan fingerprint density at radius 2 is 1.90 bits per heavy atom. The molecule has 0 atom stereocenters. The first kappa shape index (κ1) is 14.7. The molecule has 1 heterocycles. The van der Waals surface area contributed by atoms with Crippen molar-refractivity contribution in [2.45, 2.75) is 12.3 Å². The maximum atomic E-state index is 11.9. The lowest BCUT2D eigenvalue weighted by Gasteiger charge is -2.06. The van der Waals surface area contributed by atoms with Crippen molar-refractivity contribution in [1.82, 2.24) is 0 Å². The predicted octanol–water partition coefficient (Wildman–Crippen LogP) is 3.52. The molecule has 2 aromatic rings. The van der Waals surface area contributed by atoms with Gasteiger partial charge in [0.1, 0.15) is 5.58 Å². The van der Waals surface area contributed by atoms with Crippen molar-refractivity contribution in [1.29, 1.82) is 0 Å². The Morgan fingerprint density at radius 1 is 1.25 bits per heavy atom. The van der Waals surface area contributed by atoms with Crippen molar-refractivity contribution in [2.24, 2.45) is 0 Å².